The van der Waals surface area contributed by atoms with E-state index in [4.69, 9.17) is 4.74 Å². The number of nitrogens with zero attached hydrogens (tertiary/aromatic N) is 1. The first-order valence-corrected chi connectivity index (χ1v) is 6.15. The lowest BCUT2D eigenvalue weighted by atomic mass is 10.1. The minimum Gasteiger partial charge on any atom is -0.449 e. The van der Waals surface area contributed by atoms with E-state index >= 15 is 0 Å². The van der Waals surface area contributed by atoms with E-state index in [-0.39, 0.29) is 25.0 Å². The highest BCUT2D eigenvalue weighted by molar-refractivity contribution is 5.92. The van der Waals surface area contributed by atoms with Crippen LogP contribution in [0.25, 0.3) is 0 Å². The monoisotopic (exact) mass is 249 g/mol. The van der Waals surface area contributed by atoms with Crippen LogP contribution in [0.3, 0.4) is 0 Å². The lowest BCUT2D eigenvalue weighted by Crippen LogP contribution is -2.39. The zero-order chi connectivity index (χ0) is 13.5. The molecule has 1 rings (SSSR count). The highest BCUT2D eigenvalue weighted by Gasteiger charge is 2.27. The van der Waals surface area contributed by atoms with Crippen molar-refractivity contribution in [2.75, 3.05) is 6.61 Å². The summed E-state index contributed by atoms with van der Waals surface area (Å²) < 4.78 is 4.94. The zero-order valence-electron chi connectivity index (χ0n) is 11.1. The Bertz CT molecular complexity index is 403. The average Bonchev–Trinajstić information content (AvgIpc) is 2.40. The summed E-state index contributed by atoms with van der Waals surface area (Å²) in [7, 11) is 0. The highest BCUT2D eigenvalue weighted by Crippen LogP contribution is 2.21. The maximum absolute atomic E-state index is 11.9. The van der Waals surface area contributed by atoms with Crippen molar-refractivity contribution in [2.24, 2.45) is 0 Å². The maximum Gasteiger partial charge on any atom is 0.417 e. The van der Waals surface area contributed by atoms with Gasteiger partial charge in [0.2, 0.25) is 5.91 Å². The second-order valence-corrected chi connectivity index (χ2v) is 3.90. The number of benzene rings is 1. The Hall–Kier alpha value is -1.84. The fourth-order valence-corrected chi connectivity index (χ4v) is 1.72. The molecule has 0 bridgehead atoms. The standard InChI is InChI=1S/C14H19NO3/c1-4-13(16)15(14(17)18-5-2)11(3)12-9-7-6-8-10-12/h6-11H,4-5H2,1-3H3/t11-/m0/s1. The molecule has 4 heteroatoms. The van der Waals surface area contributed by atoms with Crippen LogP contribution >= 0.6 is 0 Å². The van der Waals surface area contributed by atoms with E-state index in [1.807, 2.05) is 37.3 Å². The van der Waals surface area contributed by atoms with Gasteiger partial charge in [-0.05, 0) is 19.4 Å². The lowest BCUT2D eigenvalue weighted by Gasteiger charge is -2.26. The number of carbonyl (C=O) groups excluding carboxylic acids is 2. The van der Waals surface area contributed by atoms with Crippen LogP contribution in [-0.2, 0) is 9.53 Å². The number of ether oxygens (including phenoxy) is 1. The van der Waals surface area contributed by atoms with Crippen molar-refractivity contribution >= 4 is 12.0 Å². The Morgan fingerprint density at radius 3 is 2.33 bits per heavy atom. The molecule has 1 aromatic rings. The van der Waals surface area contributed by atoms with E-state index in [1.165, 1.54) is 4.90 Å². The summed E-state index contributed by atoms with van der Waals surface area (Å²) in [6.07, 6.45) is -0.309. The molecule has 0 aliphatic heterocycles. The van der Waals surface area contributed by atoms with Gasteiger partial charge in [0.1, 0.15) is 0 Å². The summed E-state index contributed by atoms with van der Waals surface area (Å²) in [5.41, 5.74) is 0.910. The predicted molar refractivity (Wildman–Crippen MR) is 69.0 cm³/mol. The van der Waals surface area contributed by atoms with Gasteiger partial charge in [-0.3, -0.25) is 4.79 Å². The first-order chi connectivity index (χ1) is 8.61. The number of imide groups is 1. The SMILES string of the molecule is CCOC(=O)N(C(=O)CC)[C@@H](C)c1ccccc1. The van der Waals surface area contributed by atoms with E-state index in [9.17, 15) is 9.59 Å². The van der Waals surface area contributed by atoms with E-state index in [1.54, 1.807) is 13.8 Å². The van der Waals surface area contributed by atoms with Crippen LogP contribution in [0.5, 0.6) is 0 Å². The maximum atomic E-state index is 11.9. The molecular formula is C14H19NO3. The van der Waals surface area contributed by atoms with Crippen molar-refractivity contribution in [3.05, 3.63) is 35.9 Å². The molecule has 0 saturated carbocycles. The summed E-state index contributed by atoms with van der Waals surface area (Å²) in [5.74, 6) is -0.232. The molecule has 1 aromatic carbocycles. The molecule has 18 heavy (non-hydrogen) atoms. The van der Waals surface area contributed by atoms with Crippen molar-refractivity contribution in [3.63, 3.8) is 0 Å². The molecule has 0 aliphatic carbocycles. The average molecular weight is 249 g/mol. The van der Waals surface area contributed by atoms with E-state index in [0.29, 0.717) is 0 Å². The van der Waals surface area contributed by atoms with Crippen molar-refractivity contribution in [1.29, 1.82) is 0 Å². The summed E-state index contributed by atoms with van der Waals surface area (Å²) in [6.45, 7) is 5.53. The van der Waals surface area contributed by atoms with Crippen LogP contribution in [0, 0.1) is 0 Å². The Balaban J connectivity index is 2.96. The molecule has 0 fully saturated rings. The molecule has 0 radical (unpaired) electrons. The highest BCUT2D eigenvalue weighted by atomic mass is 16.6. The van der Waals surface area contributed by atoms with Gasteiger partial charge in [0.25, 0.3) is 0 Å². The van der Waals surface area contributed by atoms with Gasteiger partial charge in [0, 0.05) is 6.42 Å². The zero-order valence-corrected chi connectivity index (χ0v) is 11.1. The summed E-state index contributed by atoms with van der Waals surface area (Å²) in [4.78, 5) is 24.9. The second kappa shape index (κ2) is 6.79. The third-order valence-electron chi connectivity index (χ3n) is 2.70. The Labute approximate surface area is 108 Å². The number of amides is 2. The van der Waals surface area contributed by atoms with Crippen molar-refractivity contribution < 1.29 is 14.3 Å². The molecule has 0 saturated heterocycles. The topological polar surface area (TPSA) is 46.6 Å². The van der Waals surface area contributed by atoms with Gasteiger partial charge in [0.15, 0.2) is 0 Å². The van der Waals surface area contributed by atoms with Crippen LogP contribution in [0.2, 0.25) is 0 Å². The lowest BCUT2D eigenvalue weighted by molar-refractivity contribution is -0.131. The van der Waals surface area contributed by atoms with Crippen molar-refractivity contribution in [3.8, 4) is 0 Å². The molecule has 1 atom stereocenters. The van der Waals surface area contributed by atoms with Gasteiger partial charge in [0.05, 0.1) is 12.6 Å². The predicted octanol–water partition coefficient (Wildman–Crippen LogP) is 3.14. The molecule has 4 nitrogen and oxygen atoms in total. The van der Waals surface area contributed by atoms with Gasteiger partial charge in [-0.1, -0.05) is 37.3 Å². The number of hydrogen-bond donors (Lipinski definition) is 0. The Kier molecular flexibility index (Phi) is 5.36. The molecule has 98 valence electrons. The fourth-order valence-electron chi connectivity index (χ4n) is 1.72. The van der Waals surface area contributed by atoms with Crippen LogP contribution < -0.4 is 0 Å². The Morgan fingerprint density at radius 2 is 1.83 bits per heavy atom. The molecule has 0 spiro atoms. The number of hydrogen-bond acceptors (Lipinski definition) is 3. The minimum absolute atomic E-state index is 0.232. The largest absolute Gasteiger partial charge is 0.449 e. The van der Waals surface area contributed by atoms with Crippen molar-refractivity contribution in [2.45, 2.75) is 33.2 Å². The first-order valence-electron chi connectivity index (χ1n) is 6.15. The number of rotatable bonds is 4. The van der Waals surface area contributed by atoms with E-state index < -0.39 is 6.09 Å². The first kappa shape index (κ1) is 14.2. The van der Waals surface area contributed by atoms with Crippen LogP contribution in [0.1, 0.15) is 38.8 Å². The van der Waals surface area contributed by atoms with E-state index in [2.05, 4.69) is 0 Å². The summed E-state index contributed by atoms with van der Waals surface area (Å²) in [5, 5.41) is 0. The van der Waals surface area contributed by atoms with Crippen molar-refractivity contribution in [1.82, 2.24) is 4.90 Å². The van der Waals surface area contributed by atoms with E-state index in [0.717, 1.165) is 5.56 Å². The van der Waals surface area contributed by atoms with Crippen LogP contribution in [0.15, 0.2) is 30.3 Å². The quantitative estimate of drug-likeness (QED) is 0.823. The molecule has 0 heterocycles. The molecule has 0 unspecified atom stereocenters. The second-order valence-electron chi connectivity index (χ2n) is 3.90. The van der Waals surface area contributed by atoms with Crippen LogP contribution in [0.4, 0.5) is 4.79 Å². The summed E-state index contributed by atoms with van der Waals surface area (Å²) in [6, 6.07) is 9.11. The van der Waals surface area contributed by atoms with Gasteiger partial charge >= 0.3 is 6.09 Å². The smallest absolute Gasteiger partial charge is 0.417 e. The third-order valence-corrected chi connectivity index (χ3v) is 2.70. The molecular weight excluding hydrogens is 230 g/mol. The fraction of sp³-hybridized carbons (Fsp3) is 0.429. The van der Waals surface area contributed by atoms with Gasteiger partial charge in [-0.2, -0.15) is 0 Å². The van der Waals surface area contributed by atoms with Gasteiger partial charge in [-0.25, -0.2) is 9.69 Å². The summed E-state index contributed by atoms with van der Waals surface area (Å²) >= 11 is 0. The normalized spacial score (nSPS) is 11.7. The minimum atomic E-state index is -0.583. The molecule has 0 aliphatic rings. The third kappa shape index (κ3) is 3.32. The molecule has 2 amide bonds. The Morgan fingerprint density at radius 1 is 1.22 bits per heavy atom. The molecule has 0 N–H and O–H groups in total. The molecule has 0 aromatic heterocycles. The van der Waals surface area contributed by atoms with Crippen LogP contribution in [-0.4, -0.2) is 23.5 Å². The van der Waals surface area contributed by atoms with Gasteiger partial charge < -0.3 is 4.74 Å². The number of carbonyl (C=O) groups is 2. The van der Waals surface area contributed by atoms with Gasteiger partial charge in [-0.15, -0.1) is 0 Å².